The van der Waals surface area contributed by atoms with E-state index in [9.17, 15) is 4.79 Å². The second-order valence-corrected chi connectivity index (χ2v) is 8.71. The fourth-order valence-electron chi connectivity index (χ4n) is 2.74. The van der Waals surface area contributed by atoms with Crippen molar-refractivity contribution in [1.82, 2.24) is 9.97 Å². The van der Waals surface area contributed by atoms with Gasteiger partial charge in [0.15, 0.2) is 10.9 Å². The first-order valence-corrected chi connectivity index (χ1v) is 9.51. The number of nitrogens with zero attached hydrogens (tertiary/aromatic N) is 1. The second-order valence-electron chi connectivity index (χ2n) is 7.38. The van der Waals surface area contributed by atoms with Crippen LogP contribution in [0.5, 0.6) is 5.75 Å². The molecule has 4 nitrogen and oxygen atoms in total. The predicted molar refractivity (Wildman–Crippen MR) is 107 cm³/mol. The Kier molecular flexibility index (Phi) is 5.10. The highest BCUT2D eigenvalue weighted by atomic mass is 32.2. The van der Waals surface area contributed by atoms with E-state index < -0.39 is 0 Å². The molecule has 0 bridgehead atoms. The zero-order valence-electron chi connectivity index (χ0n) is 15.8. The summed E-state index contributed by atoms with van der Waals surface area (Å²) in [6.45, 7) is 8.41. The number of Topliss-reactive ketones (excluding diaryl/α,β-unsaturated/α-hetero) is 1. The fourth-order valence-corrected chi connectivity index (χ4v) is 3.64. The molecule has 1 atom stereocenters. The van der Waals surface area contributed by atoms with Gasteiger partial charge in [0.2, 0.25) is 0 Å². The van der Waals surface area contributed by atoms with Gasteiger partial charge in [-0.3, -0.25) is 4.79 Å². The van der Waals surface area contributed by atoms with Crippen LogP contribution in [-0.2, 0) is 5.41 Å². The van der Waals surface area contributed by atoms with E-state index in [4.69, 9.17) is 4.74 Å². The van der Waals surface area contributed by atoms with Crippen molar-refractivity contribution in [3.05, 3.63) is 53.6 Å². The highest BCUT2D eigenvalue weighted by molar-refractivity contribution is 8.00. The molecular formula is C21H24N2O2S. The van der Waals surface area contributed by atoms with Gasteiger partial charge in [-0.25, -0.2) is 4.98 Å². The number of hydrogen-bond donors (Lipinski definition) is 1. The van der Waals surface area contributed by atoms with Crippen LogP contribution in [0.15, 0.2) is 47.6 Å². The number of benzene rings is 2. The van der Waals surface area contributed by atoms with Crippen LogP contribution in [0.1, 0.15) is 43.6 Å². The smallest absolute Gasteiger partial charge is 0.175 e. The molecule has 0 amide bonds. The second kappa shape index (κ2) is 7.16. The van der Waals surface area contributed by atoms with Crippen molar-refractivity contribution in [2.75, 3.05) is 7.11 Å². The van der Waals surface area contributed by atoms with Crippen LogP contribution in [0.25, 0.3) is 11.0 Å². The molecule has 0 saturated carbocycles. The summed E-state index contributed by atoms with van der Waals surface area (Å²) in [6, 6.07) is 13.6. The quantitative estimate of drug-likeness (QED) is 0.495. The van der Waals surface area contributed by atoms with Crippen molar-refractivity contribution in [2.24, 2.45) is 0 Å². The van der Waals surface area contributed by atoms with Gasteiger partial charge in [0, 0.05) is 11.6 Å². The lowest BCUT2D eigenvalue weighted by Gasteiger charge is -2.19. The van der Waals surface area contributed by atoms with Gasteiger partial charge < -0.3 is 9.72 Å². The van der Waals surface area contributed by atoms with Crippen LogP contribution in [0.2, 0.25) is 0 Å². The van der Waals surface area contributed by atoms with Crippen molar-refractivity contribution in [3.8, 4) is 5.75 Å². The summed E-state index contributed by atoms with van der Waals surface area (Å²) in [5.41, 5.74) is 3.80. The Labute approximate surface area is 158 Å². The first kappa shape index (κ1) is 18.5. The average Bonchev–Trinajstić information content (AvgIpc) is 3.01. The molecular weight excluding hydrogens is 344 g/mol. The minimum atomic E-state index is -0.224. The molecule has 0 spiro atoms. The first-order chi connectivity index (χ1) is 12.3. The number of nitrogens with one attached hydrogen (secondary N) is 1. The van der Waals surface area contributed by atoms with Gasteiger partial charge in [-0.1, -0.05) is 56.8 Å². The van der Waals surface area contributed by atoms with Crippen LogP contribution < -0.4 is 4.74 Å². The molecule has 1 unspecified atom stereocenters. The third-order valence-electron chi connectivity index (χ3n) is 4.36. The van der Waals surface area contributed by atoms with E-state index in [1.807, 2.05) is 49.4 Å². The molecule has 0 saturated heterocycles. The number of ether oxygens (including phenoxy) is 1. The number of carbonyl (C=O) groups excluding carboxylic acids is 1. The third kappa shape index (κ3) is 3.93. The molecule has 3 rings (SSSR count). The van der Waals surface area contributed by atoms with E-state index in [0.29, 0.717) is 0 Å². The normalized spacial score (nSPS) is 13.0. The summed E-state index contributed by atoms with van der Waals surface area (Å²) in [7, 11) is 1.64. The number of carbonyl (C=O) groups is 1. The minimum absolute atomic E-state index is 0.0806. The largest absolute Gasteiger partial charge is 0.497 e. The van der Waals surface area contributed by atoms with Crippen molar-refractivity contribution < 1.29 is 9.53 Å². The first-order valence-electron chi connectivity index (χ1n) is 8.63. The van der Waals surface area contributed by atoms with E-state index in [-0.39, 0.29) is 16.4 Å². The number of imidazole rings is 1. The average molecular weight is 369 g/mol. The molecule has 26 heavy (non-hydrogen) atoms. The maximum atomic E-state index is 12.7. The summed E-state index contributed by atoms with van der Waals surface area (Å²) >= 11 is 1.44. The molecule has 0 aliphatic rings. The number of fused-ring (bicyclic) bond motifs is 1. The summed E-state index contributed by atoms with van der Waals surface area (Å²) in [4.78, 5) is 20.5. The molecule has 1 aromatic heterocycles. The van der Waals surface area contributed by atoms with E-state index in [1.165, 1.54) is 17.3 Å². The third-order valence-corrected chi connectivity index (χ3v) is 5.34. The number of thioether (sulfide) groups is 1. The summed E-state index contributed by atoms with van der Waals surface area (Å²) in [5.74, 6) is 0.884. The number of hydrogen-bond acceptors (Lipinski definition) is 4. The van der Waals surface area contributed by atoms with Gasteiger partial charge in [-0.15, -0.1) is 0 Å². The number of aromatic nitrogens is 2. The Morgan fingerprint density at radius 1 is 1.15 bits per heavy atom. The van der Waals surface area contributed by atoms with Crippen LogP contribution in [0, 0.1) is 0 Å². The van der Waals surface area contributed by atoms with Gasteiger partial charge in [-0.05, 0) is 30.0 Å². The van der Waals surface area contributed by atoms with Gasteiger partial charge in [0.05, 0.1) is 23.4 Å². The maximum Gasteiger partial charge on any atom is 0.175 e. The van der Waals surface area contributed by atoms with Crippen LogP contribution in [-0.4, -0.2) is 28.1 Å². The lowest BCUT2D eigenvalue weighted by Crippen LogP contribution is -2.15. The SMILES string of the molecule is COc1ccc2nc(SC(C)C(=O)c3ccc(C(C)(C)C)cc3)[nH]c2c1. The van der Waals surface area contributed by atoms with E-state index in [0.717, 1.165) is 27.5 Å². The predicted octanol–water partition coefficient (Wildman–Crippen LogP) is 5.23. The van der Waals surface area contributed by atoms with Crippen molar-refractivity contribution in [2.45, 2.75) is 43.5 Å². The number of rotatable bonds is 5. The maximum absolute atomic E-state index is 12.7. The van der Waals surface area contributed by atoms with Crippen LogP contribution in [0.4, 0.5) is 0 Å². The molecule has 2 aromatic carbocycles. The monoisotopic (exact) mass is 368 g/mol. The van der Waals surface area contributed by atoms with Crippen LogP contribution >= 0.6 is 11.8 Å². The molecule has 136 valence electrons. The zero-order valence-corrected chi connectivity index (χ0v) is 16.6. The standard InChI is InChI=1S/C21H24N2O2S/c1-13(19(24)14-6-8-15(9-7-14)21(2,3)4)26-20-22-17-11-10-16(25-5)12-18(17)23-20/h6-13H,1-5H3,(H,22,23). The Balaban J connectivity index is 1.74. The Hall–Kier alpha value is -2.27. The van der Waals surface area contributed by atoms with E-state index in [2.05, 4.69) is 30.7 Å². The highest BCUT2D eigenvalue weighted by Gasteiger charge is 2.20. The van der Waals surface area contributed by atoms with E-state index >= 15 is 0 Å². The Morgan fingerprint density at radius 3 is 2.46 bits per heavy atom. The highest BCUT2D eigenvalue weighted by Crippen LogP contribution is 2.28. The van der Waals surface area contributed by atoms with E-state index in [1.54, 1.807) is 7.11 Å². The minimum Gasteiger partial charge on any atom is -0.497 e. The molecule has 0 aliphatic carbocycles. The summed E-state index contributed by atoms with van der Waals surface area (Å²) < 4.78 is 5.23. The van der Waals surface area contributed by atoms with Crippen LogP contribution in [0.3, 0.4) is 0 Å². The zero-order chi connectivity index (χ0) is 18.9. The van der Waals surface area contributed by atoms with Crippen molar-refractivity contribution in [1.29, 1.82) is 0 Å². The molecule has 0 radical (unpaired) electrons. The summed E-state index contributed by atoms with van der Waals surface area (Å²) in [6.07, 6.45) is 0. The fraction of sp³-hybridized carbons (Fsp3) is 0.333. The van der Waals surface area contributed by atoms with Gasteiger partial charge in [-0.2, -0.15) is 0 Å². The summed E-state index contributed by atoms with van der Waals surface area (Å²) in [5, 5.41) is 0.512. The molecule has 5 heteroatoms. The lowest BCUT2D eigenvalue weighted by atomic mass is 9.86. The van der Waals surface area contributed by atoms with Crippen molar-refractivity contribution >= 4 is 28.6 Å². The number of ketones is 1. The number of aromatic amines is 1. The number of H-pyrrole nitrogens is 1. The van der Waals surface area contributed by atoms with Crippen molar-refractivity contribution in [3.63, 3.8) is 0 Å². The van der Waals surface area contributed by atoms with Gasteiger partial charge in [0.25, 0.3) is 0 Å². The molecule has 0 fully saturated rings. The number of methoxy groups -OCH3 is 1. The molecule has 0 aliphatic heterocycles. The molecule has 3 aromatic rings. The topological polar surface area (TPSA) is 55.0 Å². The Morgan fingerprint density at radius 2 is 1.85 bits per heavy atom. The molecule has 1 heterocycles. The van der Waals surface area contributed by atoms with Gasteiger partial charge >= 0.3 is 0 Å². The lowest BCUT2D eigenvalue weighted by molar-refractivity contribution is 0.0994. The van der Waals surface area contributed by atoms with Gasteiger partial charge in [0.1, 0.15) is 5.75 Å². The Bertz CT molecular complexity index is 923. The molecule has 1 N–H and O–H groups in total.